The van der Waals surface area contributed by atoms with Crippen molar-refractivity contribution < 1.29 is 4.52 Å². The Morgan fingerprint density at radius 1 is 1.50 bits per heavy atom. The summed E-state index contributed by atoms with van der Waals surface area (Å²) in [6.45, 7) is 2.18. The SMILES string of the molecule is Cl.c1csc(Cc2noc(CC3CCNC3)n2)c1. The average Bonchev–Trinajstić information content (AvgIpc) is 3.02. The van der Waals surface area contributed by atoms with Gasteiger partial charge in [0.15, 0.2) is 5.82 Å². The maximum absolute atomic E-state index is 5.29. The maximum atomic E-state index is 5.29. The summed E-state index contributed by atoms with van der Waals surface area (Å²) in [7, 11) is 0. The number of nitrogens with one attached hydrogen (secondary N) is 1. The predicted molar refractivity (Wildman–Crippen MR) is 73.4 cm³/mol. The van der Waals surface area contributed by atoms with E-state index in [-0.39, 0.29) is 12.4 Å². The maximum Gasteiger partial charge on any atom is 0.226 e. The minimum atomic E-state index is 0. The molecule has 0 radical (unpaired) electrons. The van der Waals surface area contributed by atoms with E-state index < -0.39 is 0 Å². The number of nitrogens with zero attached hydrogens (tertiary/aromatic N) is 2. The highest BCUT2D eigenvalue weighted by atomic mass is 35.5. The summed E-state index contributed by atoms with van der Waals surface area (Å²) in [6.07, 6.45) is 2.90. The van der Waals surface area contributed by atoms with Crippen molar-refractivity contribution in [1.82, 2.24) is 15.5 Å². The van der Waals surface area contributed by atoms with Crippen LogP contribution in [0.4, 0.5) is 0 Å². The minimum Gasteiger partial charge on any atom is -0.339 e. The Hall–Kier alpha value is -0.910. The number of hydrogen-bond donors (Lipinski definition) is 1. The summed E-state index contributed by atoms with van der Waals surface area (Å²) in [6, 6.07) is 4.15. The fraction of sp³-hybridized carbons (Fsp3) is 0.500. The van der Waals surface area contributed by atoms with Gasteiger partial charge in [-0.1, -0.05) is 11.2 Å². The van der Waals surface area contributed by atoms with Crippen LogP contribution in [0, 0.1) is 5.92 Å². The van der Waals surface area contributed by atoms with E-state index in [1.807, 2.05) is 6.07 Å². The lowest BCUT2D eigenvalue weighted by Crippen LogP contribution is -2.10. The Balaban J connectivity index is 0.00000120. The molecule has 6 heteroatoms. The Morgan fingerprint density at radius 2 is 2.44 bits per heavy atom. The number of rotatable bonds is 4. The molecule has 1 aliphatic heterocycles. The normalized spacial score (nSPS) is 18.8. The molecule has 1 saturated heterocycles. The molecule has 0 spiro atoms. The molecule has 2 aromatic rings. The molecule has 3 heterocycles. The van der Waals surface area contributed by atoms with Crippen LogP contribution in [-0.4, -0.2) is 23.2 Å². The zero-order valence-electron chi connectivity index (χ0n) is 9.96. The number of hydrogen-bond acceptors (Lipinski definition) is 5. The highest BCUT2D eigenvalue weighted by Gasteiger charge is 2.18. The molecule has 1 aliphatic rings. The van der Waals surface area contributed by atoms with Gasteiger partial charge in [0, 0.05) is 17.7 Å². The molecule has 1 unspecified atom stereocenters. The molecule has 18 heavy (non-hydrogen) atoms. The summed E-state index contributed by atoms with van der Waals surface area (Å²) >= 11 is 1.73. The molecular weight excluding hydrogens is 270 g/mol. The van der Waals surface area contributed by atoms with Crippen LogP contribution in [0.5, 0.6) is 0 Å². The van der Waals surface area contributed by atoms with E-state index in [0.717, 1.165) is 37.6 Å². The van der Waals surface area contributed by atoms with E-state index in [1.54, 1.807) is 11.3 Å². The highest BCUT2D eigenvalue weighted by Crippen LogP contribution is 2.16. The molecular formula is C12H16ClN3OS. The zero-order valence-corrected chi connectivity index (χ0v) is 11.6. The molecule has 0 amide bonds. The number of aromatic nitrogens is 2. The van der Waals surface area contributed by atoms with Gasteiger partial charge >= 0.3 is 0 Å². The first kappa shape index (κ1) is 13.5. The van der Waals surface area contributed by atoms with Crippen molar-refractivity contribution in [3.63, 3.8) is 0 Å². The Morgan fingerprint density at radius 3 is 3.17 bits per heavy atom. The van der Waals surface area contributed by atoms with Gasteiger partial charge in [0.05, 0.1) is 0 Å². The third-order valence-corrected chi connectivity index (χ3v) is 3.92. The Bertz CT molecular complexity index is 465. The van der Waals surface area contributed by atoms with Gasteiger partial charge in [0.25, 0.3) is 0 Å². The summed E-state index contributed by atoms with van der Waals surface area (Å²) in [4.78, 5) is 5.73. The topological polar surface area (TPSA) is 51.0 Å². The molecule has 1 atom stereocenters. The number of halogens is 1. The van der Waals surface area contributed by atoms with Crippen molar-refractivity contribution >= 4 is 23.7 Å². The van der Waals surface area contributed by atoms with E-state index >= 15 is 0 Å². The summed E-state index contributed by atoms with van der Waals surface area (Å²) in [5.41, 5.74) is 0. The van der Waals surface area contributed by atoms with E-state index in [4.69, 9.17) is 4.52 Å². The molecule has 98 valence electrons. The molecule has 4 nitrogen and oxygen atoms in total. The monoisotopic (exact) mass is 285 g/mol. The van der Waals surface area contributed by atoms with Crippen LogP contribution in [0.15, 0.2) is 22.0 Å². The molecule has 2 aromatic heterocycles. The van der Waals surface area contributed by atoms with Crippen molar-refractivity contribution in [2.75, 3.05) is 13.1 Å². The van der Waals surface area contributed by atoms with Crippen LogP contribution < -0.4 is 5.32 Å². The summed E-state index contributed by atoms with van der Waals surface area (Å²) in [5, 5.41) is 9.45. The molecule has 1 N–H and O–H groups in total. The van der Waals surface area contributed by atoms with Crippen LogP contribution in [0.25, 0.3) is 0 Å². The molecule has 3 rings (SSSR count). The van der Waals surface area contributed by atoms with Crippen LogP contribution in [0.1, 0.15) is 23.0 Å². The predicted octanol–water partition coefficient (Wildman–Crippen LogP) is 2.30. The highest BCUT2D eigenvalue weighted by molar-refractivity contribution is 7.09. The van der Waals surface area contributed by atoms with Crippen LogP contribution in [0.3, 0.4) is 0 Å². The van der Waals surface area contributed by atoms with Gasteiger partial charge < -0.3 is 9.84 Å². The fourth-order valence-electron chi connectivity index (χ4n) is 2.15. The lowest BCUT2D eigenvalue weighted by molar-refractivity contribution is 0.354. The number of thiophene rings is 1. The Kier molecular flexibility index (Phi) is 4.74. The smallest absolute Gasteiger partial charge is 0.226 e. The molecule has 0 aliphatic carbocycles. The van der Waals surface area contributed by atoms with Crippen LogP contribution >= 0.6 is 23.7 Å². The lowest BCUT2D eigenvalue weighted by Gasteiger charge is -2.01. The molecule has 0 aromatic carbocycles. The first-order chi connectivity index (χ1) is 8.40. The lowest BCUT2D eigenvalue weighted by atomic mass is 10.1. The first-order valence-electron chi connectivity index (χ1n) is 5.95. The third-order valence-electron chi connectivity index (χ3n) is 3.05. The average molecular weight is 286 g/mol. The fourth-order valence-corrected chi connectivity index (χ4v) is 2.85. The van der Waals surface area contributed by atoms with Crippen molar-refractivity contribution in [2.24, 2.45) is 5.92 Å². The minimum absolute atomic E-state index is 0. The van der Waals surface area contributed by atoms with Crippen LogP contribution in [-0.2, 0) is 12.8 Å². The summed E-state index contributed by atoms with van der Waals surface area (Å²) < 4.78 is 5.29. The Labute approximate surface area is 116 Å². The van der Waals surface area contributed by atoms with Gasteiger partial charge in [-0.3, -0.25) is 0 Å². The largest absolute Gasteiger partial charge is 0.339 e. The van der Waals surface area contributed by atoms with Crippen molar-refractivity contribution in [3.8, 4) is 0 Å². The van der Waals surface area contributed by atoms with Gasteiger partial charge in [-0.25, -0.2) is 0 Å². The third kappa shape index (κ3) is 3.31. The standard InChI is InChI=1S/C12H15N3OS.ClH/c1-2-10(17-5-1)7-11-14-12(16-15-11)6-9-3-4-13-8-9;/h1-2,5,9,13H,3-4,6-8H2;1H. The molecule has 1 fully saturated rings. The van der Waals surface area contributed by atoms with E-state index in [1.165, 1.54) is 11.3 Å². The van der Waals surface area contributed by atoms with E-state index in [0.29, 0.717) is 5.92 Å². The second-order valence-electron chi connectivity index (χ2n) is 4.42. The van der Waals surface area contributed by atoms with Gasteiger partial charge in [0.2, 0.25) is 5.89 Å². The van der Waals surface area contributed by atoms with E-state index in [9.17, 15) is 0 Å². The van der Waals surface area contributed by atoms with Gasteiger partial charge in [-0.2, -0.15) is 4.98 Å². The van der Waals surface area contributed by atoms with E-state index in [2.05, 4.69) is 26.9 Å². The van der Waals surface area contributed by atoms with Crippen molar-refractivity contribution in [2.45, 2.75) is 19.3 Å². The summed E-state index contributed by atoms with van der Waals surface area (Å²) in [5.74, 6) is 2.24. The molecule has 0 bridgehead atoms. The molecule has 0 saturated carbocycles. The van der Waals surface area contributed by atoms with Crippen LogP contribution in [0.2, 0.25) is 0 Å². The second-order valence-corrected chi connectivity index (χ2v) is 5.46. The first-order valence-corrected chi connectivity index (χ1v) is 6.82. The van der Waals surface area contributed by atoms with Gasteiger partial charge in [0.1, 0.15) is 0 Å². The van der Waals surface area contributed by atoms with Gasteiger partial charge in [-0.15, -0.1) is 23.7 Å². The quantitative estimate of drug-likeness (QED) is 0.936. The second kappa shape index (κ2) is 6.31. The van der Waals surface area contributed by atoms with Crippen molar-refractivity contribution in [1.29, 1.82) is 0 Å². The van der Waals surface area contributed by atoms with Gasteiger partial charge in [-0.05, 0) is 36.9 Å². The van der Waals surface area contributed by atoms with Crippen molar-refractivity contribution in [3.05, 3.63) is 34.1 Å². The zero-order chi connectivity index (χ0) is 11.5.